The molecular weight excluding hydrogens is 407 g/mol. The second-order valence-corrected chi connectivity index (χ2v) is 7.30. The molecule has 2 heterocycles. The van der Waals surface area contributed by atoms with E-state index in [4.69, 9.17) is 14.2 Å². The zero-order valence-electron chi connectivity index (χ0n) is 14.4. The van der Waals surface area contributed by atoms with Crippen LogP contribution in [0.25, 0.3) is 0 Å². The predicted octanol–water partition coefficient (Wildman–Crippen LogP) is 3.36. The van der Waals surface area contributed by atoms with Crippen molar-refractivity contribution in [2.24, 2.45) is 0 Å². The molecule has 0 bridgehead atoms. The first-order chi connectivity index (χ1) is 12.8. The Kier molecular flexibility index (Phi) is 5.38. The van der Waals surface area contributed by atoms with Crippen LogP contribution >= 0.6 is 23.1 Å². The lowest BCUT2D eigenvalue weighted by atomic mass is 10.1. The van der Waals surface area contributed by atoms with Gasteiger partial charge in [-0.05, 0) is 17.7 Å². The summed E-state index contributed by atoms with van der Waals surface area (Å²) in [4.78, 5) is 13.5. The molecular formula is C15H14F3N3O4S2. The number of benzene rings is 1. The zero-order valence-corrected chi connectivity index (χ0v) is 16.0. The molecule has 27 heavy (non-hydrogen) atoms. The van der Waals surface area contributed by atoms with Crippen LogP contribution < -0.4 is 19.1 Å². The van der Waals surface area contributed by atoms with Gasteiger partial charge in [0.25, 0.3) is 0 Å². The minimum Gasteiger partial charge on any atom is -0.493 e. The van der Waals surface area contributed by atoms with E-state index in [9.17, 15) is 18.0 Å². The number of hydrogen-bond donors (Lipinski definition) is 0. The standard InChI is InChI=1S/C15H14F3N3O4S2/c1-23-8-4-7(5-9(24-2)11(8)25-3)12-21(10(22)6-26-12)14-20-19-13(27-14)15(16,17)18/h4-5,12H,6H2,1-3H3. The van der Waals surface area contributed by atoms with Crippen molar-refractivity contribution in [2.75, 3.05) is 32.0 Å². The summed E-state index contributed by atoms with van der Waals surface area (Å²) >= 11 is 1.58. The number of amides is 1. The molecule has 1 aromatic carbocycles. The van der Waals surface area contributed by atoms with Crippen LogP contribution in [0.3, 0.4) is 0 Å². The first kappa shape index (κ1) is 19.5. The molecule has 1 fully saturated rings. The fraction of sp³-hybridized carbons (Fsp3) is 0.400. The third-order valence-corrected chi connectivity index (χ3v) is 5.88. The molecule has 146 valence electrons. The Morgan fingerprint density at radius 1 is 1.11 bits per heavy atom. The fourth-order valence-corrected chi connectivity index (χ4v) is 4.51. The van der Waals surface area contributed by atoms with Crippen molar-refractivity contribution in [3.8, 4) is 17.2 Å². The third-order valence-electron chi connectivity index (χ3n) is 3.70. The predicted molar refractivity (Wildman–Crippen MR) is 93.7 cm³/mol. The van der Waals surface area contributed by atoms with Gasteiger partial charge < -0.3 is 14.2 Å². The van der Waals surface area contributed by atoms with Crippen molar-refractivity contribution >= 4 is 34.1 Å². The lowest BCUT2D eigenvalue weighted by Crippen LogP contribution is -2.27. The highest BCUT2D eigenvalue weighted by Gasteiger charge is 2.41. The summed E-state index contributed by atoms with van der Waals surface area (Å²) in [6, 6.07) is 3.30. The fourth-order valence-electron chi connectivity index (χ4n) is 2.55. The molecule has 1 aliphatic rings. The second kappa shape index (κ2) is 7.43. The summed E-state index contributed by atoms with van der Waals surface area (Å²) < 4.78 is 54.4. The van der Waals surface area contributed by atoms with Gasteiger partial charge in [-0.25, -0.2) is 0 Å². The van der Waals surface area contributed by atoms with Crippen LogP contribution in [0.4, 0.5) is 18.3 Å². The van der Waals surface area contributed by atoms with Crippen molar-refractivity contribution in [1.29, 1.82) is 0 Å². The Bertz CT molecular complexity index is 834. The van der Waals surface area contributed by atoms with Crippen molar-refractivity contribution in [3.05, 3.63) is 22.7 Å². The van der Waals surface area contributed by atoms with Gasteiger partial charge in [-0.2, -0.15) is 13.2 Å². The van der Waals surface area contributed by atoms with E-state index in [2.05, 4.69) is 10.2 Å². The van der Waals surface area contributed by atoms with E-state index in [0.717, 1.165) is 0 Å². The molecule has 2 aromatic rings. The highest BCUT2D eigenvalue weighted by molar-refractivity contribution is 8.00. The molecule has 0 aliphatic carbocycles. The molecule has 1 aliphatic heterocycles. The molecule has 1 unspecified atom stereocenters. The largest absolute Gasteiger partial charge is 0.493 e. The van der Waals surface area contributed by atoms with Crippen LogP contribution in [0, 0.1) is 0 Å². The molecule has 0 N–H and O–H groups in total. The first-order valence-corrected chi connectivity index (χ1v) is 9.31. The number of halogens is 3. The third kappa shape index (κ3) is 3.63. The lowest BCUT2D eigenvalue weighted by molar-refractivity contribution is -0.138. The summed E-state index contributed by atoms with van der Waals surface area (Å²) in [6.07, 6.45) is -4.62. The summed E-state index contributed by atoms with van der Waals surface area (Å²) in [5.41, 5.74) is 0.601. The lowest BCUT2D eigenvalue weighted by Gasteiger charge is -2.23. The number of nitrogens with zero attached hydrogens (tertiary/aromatic N) is 3. The van der Waals surface area contributed by atoms with Gasteiger partial charge in [0.2, 0.25) is 21.8 Å². The molecule has 1 amide bonds. The van der Waals surface area contributed by atoms with E-state index in [1.165, 1.54) is 38.0 Å². The Morgan fingerprint density at radius 3 is 2.22 bits per heavy atom. The zero-order chi connectivity index (χ0) is 19.8. The Hall–Kier alpha value is -2.21. The highest BCUT2D eigenvalue weighted by atomic mass is 32.2. The number of alkyl halides is 3. The monoisotopic (exact) mass is 421 g/mol. The van der Waals surface area contributed by atoms with Crippen LogP contribution in [-0.4, -0.2) is 43.2 Å². The highest BCUT2D eigenvalue weighted by Crippen LogP contribution is 2.48. The smallest absolute Gasteiger partial charge is 0.445 e. The number of carbonyl (C=O) groups is 1. The number of aromatic nitrogens is 2. The van der Waals surface area contributed by atoms with Gasteiger partial charge in [-0.1, -0.05) is 11.3 Å². The van der Waals surface area contributed by atoms with Gasteiger partial charge >= 0.3 is 6.18 Å². The molecule has 0 radical (unpaired) electrons. The molecule has 7 nitrogen and oxygen atoms in total. The number of anilines is 1. The van der Waals surface area contributed by atoms with Crippen LogP contribution in [0.5, 0.6) is 17.2 Å². The van der Waals surface area contributed by atoms with Gasteiger partial charge in [-0.3, -0.25) is 9.69 Å². The number of carbonyl (C=O) groups excluding carboxylic acids is 1. The van der Waals surface area contributed by atoms with Crippen LogP contribution in [-0.2, 0) is 11.0 Å². The molecule has 1 aromatic heterocycles. The topological polar surface area (TPSA) is 73.8 Å². The maximum atomic E-state index is 12.8. The average Bonchev–Trinajstić information content (AvgIpc) is 3.26. The maximum Gasteiger partial charge on any atom is 0.445 e. The molecule has 1 atom stereocenters. The molecule has 12 heteroatoms. The van der Waals surface area contributed by atoms with E-state index >= 15 is 0 Å². The number of thioether (sulfide) groups is 1. The van der Waals surface area contributed by atoms with Crippen LogP contribution in [0.2, 0.25) is 0 Å². The number of rotatable bonds is 5. The number of ether oxygens (including phenoxy) is 3. The van der Waals surface area contributed by atoms with Crippen molar-refractivity contribution in [2.45, 2.75) is 11.6 Å². The number of hydrogen-bond acceptors (Lipinski definition) is 8. The van der Waals surface area contributed by atoms with E-state index in [1.54, 1.807) is 12.1 Å². The number of methoxy groups -OCH3 is 3. The van der Waals surface area contributed by atoms with Crippen molar-refractivity contribution in [1.82, 2.24) is 10.2 Å². The average molecular weight is 421 g/mol. The minimum atomic E-state index is -4.62. The quantitative estimate of drug-likeness (QED) is 0.733. The molecule has 3 rings (SSSR count). The Morgan fingerprint density at radius 2 is 1.74 bits per heavy atom. The summed E-state index contributed by atoms with van der Waals surface area (Å²) in [7, 11) is 4.36. The van der Waals surface area contributed by atoms with E-state index in [1.807, 2.05) is 0 Å². The SMILES string of the molecule is COc1cc(C2SCC(=O)N2c2nnc(C(F)(F)F)s2)cc(OC)c1OC. The van der Waals surface area contributed by atoms with Gasteiger partial charge in [0.05, 0.1) is 27.1 Å². The van der Waals surface area contributed by atoms with Crippen LogP contribution in [0.1, 0.15) is 15.9 Å². The summed E-state index contributed by atoms with van der Waals surface area (Å²) in [5.74, 6) is 0.867. The van der Waals surface area contributed by atoms with Crippen LogP contribution in [0.15, 0.2) is 12.1 Å². The normalized spacial score (nSPS) is 17.3. The van der Waals surface area contributed by atoms with Gasteiger partial charge in [0, 0.05) is 0 Å². The van der Waals surface area contributed by atoms with Crippen molar-refractivity contribution < 1.29 is 32.2 Å². The van der Waals surface area contributed by atoms with E-state index < -0.39 is 16.6 Å². The first-order valence-electron chi connectivity index (χ1n) is 7.44. The molecule has 0 spiro atoms. The van der Waals surface area contributed by atoms with Gasteiger partial charge in [-0.15, -0.1) is 22.0 Å². The molecule has 0 saturated carbocycles. The Labute approximate surface area is 160 Å². The van der Waals surface area contributed by atoms with E-state index in [-0.39, 0.29) is 16.8 Å². The van der Waals surface area contributed by atoms with Crippen molar-refractivity contribution in [3.63, 3.8) is 0 Å². The Balaban J connectivity index is 2.03. The summed E-state index contributed by atoms with van der Waals surface area (Å²) in [5, 5.41) is 4.91. The minimum absolute atomic E-state index is 0.0995. The second-order valence-electron chi connectivity index (χ2n) is 5.27. The van der Waals surface area contributed by atoms with Gasteiger partial charge in [0.1, 0.15) is 5.37 Å². The van der Waals surface area contributed by atoms with Gasteiger partial charge in [0.15, 0.2) is 11.5 Å². The molecule has 1 saturated heterocycles. The maximum absolute atomic E-state index is 12.8. The summed E-state index contributed by atoms with van der Waals surface area (Å²) in [6.45, 7) is 0. The van der Waals surface area contributed by atoms with E-state index in [0.29, 0.717) is 34.1 Å².